The minimum absolute atomic E-state index is 0.0379. The zero-order valence-electron chi connectivity index (χ0n) is 15.8. The predicted molar refractivity (Wildman–Crippen MR) is 108 cm³/mol. The third-order valence-corrected chi connectivity index (χ3v) is 5.26. The highest BCUT2D eigenvalue weighted by Crippen LogP contribution is 2.29. The number of carbonyl (C=O) groups is 2. The fourth-order valence-corrected chi connectivity index (χ4v) is 3.47. The van der Waals surface area contributed by atoms with Crippen LogP contribution in [0.15, 0.2) is 42.5 Å². The van der Waals surface area contributed by atoms with Crippen molar-refractivity contribution >= 4 is 29.1 Å². The number of amides is 2. The Kier molecular flexibility index (Phi) is 6.31. The van der Waals surface area contributed by atoms with E-state index in [-0.39, 0.29) is 18.4 Å². The van der Waals surface area contributed by atoms with Gasteiger partial charge >= 0.3 is 0 Å². The Bertz CT molecular complexity index is 890. The first kappa shape index (κ1) is 20.3. The molecule has 0 radical (unpaired) electrons. The van der Waals surface area contributed by atoms with Crippen molar-refractivity contribution in [3.8, 4) is 0 Å². The second-order valence-electron chi connectivity index (χ2n) is 6.90. The van der Waals surface area contributed by atoms with Crippen molar-refractivity contribution in [1.82, 2.24) is 10.6 Å². The number of likely N-dealkylation sites (N-methyl/N-ethyl adjacent to an activating group) is 1. The van der Waals surface area contributed by atoms with Crippen LogP contribution < -0.4 is 15.5 Å². The zero-order chi connectivity index (χ0) is 20.3. The van der Waals surface area contributed by atoms with Crippen LogP contribution >= 0.6 is 11.6 Å². The van der Waals surface area contributed by atoms with Gasteiger partial charge in [0.1, 0.15) is 11.9 Å². The lowest BCUT2D eigenvalue weighted by Gasteiger charge is -2.27. The van der Waals surface area contributed by atoms with E-state index in [1.165, 1.54) is 23.1 Å². The smallest absolute Gasteiger partial charge is 0.249 e. The summed E-state index contributed by atoms with van der Waals surface area (Å²) in [4.78, 5) is 27.1. The van der Waals surface area contributed by atoms with E-state index in [1.54, 1.807) is 14.0 Å². The lowest BCUT2D eigenvalue weighted by molar-refractivity contribution is -0.128. The van der Waals surface area contributed by atoms with Crippen LogP contribution in [-0.4, -0.2) is 30.9 Å². The molecular weight excluding hydrogens is 381 g/mol. The molecule has 0 saturated carbocycles. The molecule has 2 aromatic rings. The minimum Gasteiger partial charge on any atom is -0.343 e. The van der Waals surface area contributed by atoms with Gasteiger partial charge in [0.25, 0.3) is 0 Å². The topological polar surface area (TPSA) is 61.4 Å². The van der Waals surface area contributed by atoms with E-state index in [9.17, 15) is 14.0 Å². The zero-order valence-corrected chi connectivity index (χ0v) is 16.6. The molecule has 0 aromatic heterocycles. The van der Waals surface area contributed by atoms with E-state index < -0.39 is 17.9 Å². The molecule has 2 atom stereocenters. The summed E-state index contributed by atoms with van der Waals surface area (Å²) >= 11 is 6.02. The van der Waals surface area contributed by atoms with Crippen LogP contribution in [0.4, 0.5) is 10.1 Å². The van der Waals surface area contributed by atoms with Gasteiger partial charge in [-0.25, -0.2) is 4.39 Å². The first-order valence-corrected chi connectivity index (χ1v) is 9.59. The van der Waals surface area contributed by atoms with E-state index >= 15 is 0 Å². The van der Waals surface area contributed by atoms with Crippen LogP contribution in [0.1, 0.15) is 24.5 Å². The third-order valence-electron chi connectivity index (χ3n) is 5.03. The number of fused-ring (bicyclic) bond motifs is 1. The highest BCUT2D eigenvalue weighted by atomic mass is 35.5. The first-order valence-electron chi connectivity index (χ1n) is 9.21. The molecule has 1 aliphatic heterocycles. The van der Waals surface area contributed by atoms with Gasteiger partial charge in [-0.3, -0.25) is 9.59 Å². The lowest BCUT2D eigenvalue weighted by Crippen LogP contribution is -2.52. The molecule has 1 aliphatic rings. The maximum absolute atomic E-state index is 14.3. The van der Waals surface area contributed by atoms with E-state index in [1.807, 2.05) is 24.3 Å². The first-order chi connectivity index (χ1) is 13.4. The highest BCUT2D eigenvalue weighted by Gasteiger charge is 2.32. The summed E-state index contributed by atoms with van der Waals surface area (Å²) in [6.07, 6.45) is 1.11. The van der Waals surface area contributed by atoms with E-state index in [4.69, 9.17) is 11.6 Å². The summed E-state index contributed by atoms with van der Waals surface area (Å²) in [7, 11) is 1.68. The molecule has 0 saturated heterocycles. The molecule has 0 spiro atoms. The quantitative estimate of drug-likeness (QED) is 0.806. The molecule has 0 fully saturated rings. The van der Waals surface area contributed by atoms with Crippen molar-refractivity contribution in [1.29, 1.82) is 0 Å². The van der Waals surface area contributed by atoms with E-state index in [0.29, 0.717) is 23.4 Å². The molecule has 1 heterocycles. The Morgan fingerprint density at radius 1 is 1.32 bits per heavy atom. The van der Waals surface area contributed by atoms with Gasteiger partial charge < -0.3 is 15.5 Å². The van der Waals surface area contributed by atoms with Crippen LogP contribution in [0, 0.1) is 5.82 Å². The number of anilines is 1. The number of aryl methyl sites for hydroxylation is 1. The summed E-state index contributed by atoms with van der Waals surface area (Å²) in [5, 5.41) is 6.09. The number of rotatable bonds is 5. The van der Waals surface area contributed by atoms with Crippen LogP contribution in [0.5, 0.6) is 0 Å². The molecule has 28 heavy (non-hydrogen) atoms. The fraction of sp³-hybridized carbons (Fsp3) is 0.333. The molecule has 2 unspecified atom stereocenters. The monoisotopic (exact) mass is 403 g/mol. The Morgan fingerprint density at radius 3 is 2.82 bits per heavy atom. The molecule has 2 aromatic carbocycles. The molecule has 2 N–H and O–H groups in total. The van der Waals surface area contributed by atoms with Crippen molar-refractivity contribution < 1.29 is 14.0 Å². The average Bonchev–Trinajstić information content (AvgIpc) is 2.82. The Balaban J connectivity index is 1.94. The molecule has 7 heteroatoms. The number of para-hydroxylation sites is 1. The molecular formula is C21H23ClFN3O2. The average molecular weight is 404 g/mol. The van der Waals surface area contributed by atoms with Crippen LogP contribution in [0.2, 0.25) is 5.02 Å². The van der Waals surface area contributed by atoms with Crippen molar-refractivity contribution in [3.63, 3.8) is 0 Å². The number of halogens is 2. The van der Waals surface area contributed by atoms with Crippen molar-refractivity contribution in [3.05, 3.63) is 64.4 Å². The van der Waals surface area contributed by atoms with Crippen LogP contribution in [0.25, 0.3) is 0 Å². The third kappa shape index (κ3) is 4.34. The van der Waals surface area contributed by atoms with Gasteiger partial charge in [-0.15, -0.1) is 0 Å². The summed E-state index contributed by atoms with van der Waals surface area (Å²) in [6.45, 7) is 1.76. The Hall–Kier alpha value is -2.44. The van der Waals surface area contributed by atoms with Gasteiger partial charge in [0, 0.05) is 16.3 Å². The SMILES string of the molecule is CNC(C)C(=O)NC1CCc2ccccc2N(Cc2cc(Cl)ccc2F)C1=O. The summed E-state index contributed by atoms with van der Waals surface area (Å²) in [6, 6.07) is 10.7. The normalized spacial score (nSPS) is 17.6. The maximum Gasteiger partial charge on any atom is 0.249 e. The maximum atomic E-state index is 14.3. The van der Waals surface area contributed by atoms with Gasteiger partial charge in [0.05, 0.1) is 12.6 Å². The molecule has 0 aliphatic carbocycles. The van der Waals surface area contributed by atoms with E-state index in [0.717, 1.165) is 11.3 Å². The van der Waals surface area contributed by atoms with Crippen LogP contribution in [-0.2, 0) is 22.6 Å². The summed E-state index contributed by atoms with van der Waals surface area (Å²) in [5.74, 6) is -0.940. The Morgan fingerprint density at radius 2 is 2.07 bits per heavy atom. The van der Waals surface area contributed by atoms with Crippen molar-refractivity contribution in [2.75, 3.05) is 11.9 Å². The molecule has 148 valence electrons. The second kappa shape index (κ2) is 8.71. The summed E-state index contributed by atoms with van der Waals surface area (Å²) < 4.78 is 14.3. The van der Waals surface area contributed by atoms with E-state index in [2.05, 4.69) is 10.6 Å². The number of benzene rings is 2. The van der Waals surface area contributed by atoms with Crippen LogP contribution in [0.3, 0.4) is 0 Å². The fourth-order valence-electron chi connectivity index (χ4n) is 3.28. The molecule has 2 amide bonds. The minimum atomic E-state index is -0.682. The number of carbonyl (C=O) groups excluding carboxylic acids is 2. The van der Waals surface area contributed by atoms with Gasteiger partial charge in [-0.05, 0) is 56.6 Å². The summed E-state index contributed by atoms with van der Waals surface area (Å²) in [5.41, 5.74) is 2.04. The van der Waals surface area contributed by atoms with Crippen molar-refractivity contribution in [2.24, 2.45) is 0 Å². The number of nitrogens with one attached hydrogen (secondary N) is 2. The number of hydrogen-bond acceptors (Lipinski definition) is 3. The predicted octanol–water partition coefficient (Wildman–Crippen LogP) is 3.05. The number of hydrogen-bond donors (Lipinski definition) is 2. The highest BCUT2D eigenvalue weighted by molar-refractivity contribution is 6.30. The lowest BCUT2D eigenvalue weighted by atomic mass is 10.1. The van der Waals surface area contributed by atoms with Gasteiger partial charge in [-0.2, -0.15) is 0 Å². The molecule has 0 bridgehead atoms. The largest absolute Gasteiger partial charge is 0.343 e. The van der Waals surface area contributed by atoms with Crippen molar-refractivity contribution in [2.45, 2.75) is 38.4 Å². The van der Waals surface area contributed by atoms with Gasteiger partial charge in [0.2, 0.25) is 11.8 Å². The van der Waals surface area contributed by atoms with Gasteiger partial charge in [0.15, 0.2) is 0 Å². The molecule has 3 rings (SSSR count). The standard InChI is InChI=1S/C21H23ClFN3O2/c1-13(24-2)20(27)25-18-10-7-14-5-3-4-6-19(14)26(21(18)28)12-15-11-16(22)8-9-17(15)23/h3-6,8-9,11,13,18,24H,7,10,12H2,1-2H3,(H,25,27). The Labute approximate surface area is 168 Å². The molecule has 5 nitrogen and oxygen atoms in total. The second-order valence-corrected chi connectivity index (χ2v) is 7.34. The van der Waals surface area contributed by atoms with Gasteiger partial charge in [-0.1, -0.05) is 29.8 Å². The number of nitrogens with zero attached hydrogens (tertiary/aromatic N) is 1.